The first-order chi connectivity index (χ1) is 11.1. The van der Waals surface area contributed by atoms with Crippen molar-refractivity contribution < 1.29 is 18.3 Å². The molecule has 0 aliphatic heterocycles. The number of nitrogens with one attached hydrogen (secondary N) is 2. The number of H-pyrrole nitrogens is 1. The van der Waals surface area contributed by atoms with E-state index in [1.54, 1.807) is 26.0 Å². The van der Waals surface area contributed by atoms with Crippen LogP contribution < -0.4 is 4.72 Å². The number of benzene rings is 1. The summed E-state index contributed by atoms with van der Waals surface area (Å²) in [5.74, 6) is -1.01. The van der Waals surface area contributed by atoms with E-state index in [4.69, 9.17) is 0 Å². The van der Waals surface area contributed by atoms with Gasteiger partial charge < -0.3 is 5.11 Å². The van der Waals surface area contributed by atoms with Crippen LogP contribution in [0.2, 0.25) is 0 Å². The second-order valence-corrected chi connectivity index (χ2v) is 7.68. The Labute approximate surface area is 141 Å². The van der Waals surface area contributed by atoms with E-state index in [1.165, 1.54) is 12.1 Å². The minimum Gasteiger partial charge on any atom is -0.480 e. The van der Waals surface area contributed by atoms with Crippen molar-refractivity contribution in [3.8, 4) is 0 Å². The van der Waals surface area contributed by atoms with Crippen LogP contribution in [0, 0.1) is 13.8 Å². The predicted octanol–water partition coefficient (Wildman–Crippen LogP) is 2.25. The highest BCUT2D eigenvalue weighted by Gasteiger charge is 2.30. The molecule has 0 saturated carbocycles. The number of aromatic amines is 1. The molecule has 0 bridgehead atoms. The highest BCUT2D eigenvalue weighted by Crippen LogP contribution is 2.23. The number of nitrogens with zero attached hydrogens (tertiary/aromatic N) is 1. The average Bonchev–Trinajstić information content (AvgIpc) is 2.84. The van der Waals surface area contributed by atoms with Crippen molar-refractivity contribution >= 4 is 16.0 Å². The zero-order valence-electron chi connectivity index (χ0n) is 14.0. The number of sulfonamides is 1. The molecule has 8 heteroatoms. The van der Waals surface area contributed by atoms with Crippen LogP contribution in [-0.2, 0) is 14.8 Å². The molecule has 1 aromatic carbocycles. The Kier molecular flexibility index (Phi) is 5.10. The van der Waals surface area contributed by atoms with Crippen LogP contribution in [0.3, 0.4) is 0 Å². The molecule has 0 radical (unpaired) electrons. The van der Waals surface area contributed by atoms with Gasteiger partial charge in [-0.15, -0.1) is 0 Å². The molecule has 0 spiro atoms. The smallest absolute Gasteiger partial charge is 0.326 e. The van der Waals surface area contributed by atoms with Crippen molar-refractivity contribution in [2.75, 3.05) is 0 Å². The molecule has 0 fully saturated rings. The summed E-state index contributed by atoms with van der Waals surface area (Å²) in [6, 6.07) is 5.00. The topological polar surface area (TPSA) is 112 Å². The molecule has 0 amide bonds. The van der Waals surface area contributed by atoms with E-state index in [1.807, 2.05) is 13.8 Å². The van der Waals surface area contributed by atoms with E-state index in [9.17, 15) is 18.3 Å². The number of carbonyl (C=O) groups is 1. The largest absolute Gasteiger partial charge is 0.480 e. The zero-order chi connectivity index (χ0) is 18.1. The van der Waals surface area contributed by atoms with Crippen LogP contribution >= 0.6 is 0 Å². The Morgan fingerprint density at radius 2 is 1.79 bits per heavy atom. The summed E-state index contributed by atoms with van der Waals surface area (Å²) in [4.78, 5) is 11.6. The lowest BCUT2D eigenvalue weighted by atomic mass is 10.0. The van der Waals surface area contributed by atoms with E-state index in [-0.39, 0.29) is 10.8 Å². The number of aromatic nitrogens is 2. The Morgan fingerprint density at radius 3 is 2.21 bits per heavy atom. The minimum atomic E-state index is -3.98. The predicted molar refractivity (Wildman–Crippen MR) is 89.3 cm³/mol. The lowest BCUT2D eigenvalue weighted by molar-refractivity contribution is -0.139. The van der Waals surface area contributed by atoms with Gasteiger partial charge in [0.25, 0.3) is 0 Å². The monoisotopic (exact) mass is 351 g/mol. The average molecular weight is 351 g/mol. The maximum atomic E-state index is 12.5. The van der Waals surface area contributed by atoms with E-state index < -0.39 is 22.0 Å². The summed E-state index contributed by atoms with van der Waals surface area (Å²) in [7, 11) is -3.98. The van der Waals surface area contributed by atoms with Gasteiger partial charge in [-0.3, -0.25) is 9.89 Å². The molecule has 0 saturated heterocycles. The number of carboxylic acids is 1. The first-order valence-corrected chi connectivity index (χ1v) is 8.98. The normalized spacial score (nSPS) is 13.2. The number of carboxylic acid groups (broad SMARTS) is 1. The molecular formula is C16H21N3O4S. The number of hydrogen-bond acceptors (Lipinski definition) is 4. The third kappa shape index (κ3) is 3.65. The van der Waals surface area contributed by atoms with Gasteiger partial charge in [0.15, 0.2) is 0 Å². The minimum absolute atomic E-state index is 0.0250. The van der Waals surface area contributed by atoms with Crippen molar-refractivity contribution in [1.82, 2.24) is 14.9 Å². The third-order valence-electron chi connectivity index (χ3n) is 3.85. The summed E-state index contributed by atoms with van der Waals surface area (Å²) in [5.41, 5.74) is 2.28. The molecule has 3 N–H and O–H groups in total. The maximum Gasteiger partial charge on any atom is 0.326 e. The zero-order valence-corrected chi connectivity index (χ0v) is 14.8. The molecule has 1 unspecified atom stereocenters. The Hall–Kier alpha value is -2.19. The van der Waals surface area contributed by atoms with E-state index in [2.05, 4.69) is 14.9 Å². The molecule has 0 aliphatic rings. The van der Waals surface area contributed by atoms with Crippen LogP contribution in [0.5, 0.6) is 0 Å². The van der Waals surface area contributed by atoms with Crippen LogP contribution in [0.15, 0.2) is 29.2 Å². The van der Waals surface area contributed by atoms with E-state index in [0.717, 1.165) is 5.56 Å². The molecule has 7 nitrogen and oxygen atoms in total. The molecule has 2 aromatic rings. The van der Waals surface area contributed by atoms with Gasteiger partial charge in [0, 0.05) is 11.3 Å². The first kappa shape index (κ1) is 18.2. The molecule has 2 rings (SSSR count). The summed E-state index contributed by atoms with van der Waals surface area (Å²) < 4.78 is 27.3. The lowest BCUT2D eigenvalue weighted by Crippen LogP contribution is -2.34. The van der Waals surface area contributed by atoms with Gasteiger partial charge in [-0.1, -0.05) is 26.0 Å². The Morgan fingerprint density at radius 1 is 1.21 bits per heavy atom. The SMILES string of the molecule is Cc1n[nH]c(C)c1C(NS(=O)(=O)c1ccc(C(C)C)cc1)C(=O)O. The Balaban J connectivity index is 2.36. The fourth-order valence-electron chi connectivity index (χ4n) is 2.47. The highest BCUT2D eigenvalue weighted by molar-refractivity contribution is 7.89. The van der Waals surface area contributed by atoms with Crippen molar-refractivity contribution in [1.29, 1.82) is 0 Å². The fraction of sp³-hybridized carbons (Fsp3) is 0.375. The number of aryl methyl sites for hydroxylation is 2. The number of rotatable bonds is 6. The Bertz CT molecular complexity index is 819. The van der Waals surface area contributed by atoms with Gasteiger partial charge in [0.05, 0.1) is 10.6 Å². The molecule has 24 heavy (non-hydrogen) atoms. The quantitative estimate of drug-likeness (QED) is 0.739. The fourth-order valence-corrected chi connectivity index (χ4v) is 3.63. The van der Waals surface area contributed by atoms with Crippen molar-refractivity contribution in [2.24, 2.45) is 0 Å². The third-order valence-corrected chi connectivity index (χ3v) is 5.29. The van der Waals surface area contributed by atoms with Crippen molar-refractivity contribution in [3.63, 3.8) is 0 Å². The molecule has 130 valence electrons. The second kappa shape index (κ2) is 6.74. The summed E-state index contributed by atoms with van der Waals surface area (Å²) in [6.45, 7) is 7.29. The standard InChI is InChI=1S/C16H21N3O4S/c1-9(2)12-5-7-13(8-6-12)24(22,23)19-15(16(20)21)14-10(3)17-18-11(14)4/h5-9,15,19H,1-4H3,(H,17,18)(H,20,21). The number of hydrogen-bond donors (Lipinski definition) is 3. The highest BCUT2D eigenvalue weighted by atomic mass is 32.2. The van der Waals surface area contributed by atoms with Crippen LogP contribution in [0.4, 0.5) is 0 Å². The molecule has 0 aliphatic carbocycles. The first-order valence-electron chi connectivity index (χ1n) is 7.50. The maximum absolute atomic E-state index is 12.5. The molecule has 1 atom stereocenters. The van der Waals surface area contributed by atoms with Gasteiger partial charge in [-0.25, -0.2) is 8.42 Å². The van der Waals surface area contributed by atoms with Crippen molar-refractivity contribution in [2.45, 2.75) is 44.6 Å². The van der Waals surface area contributed by atoms with Crippen LogP contribution in [0.1, 0.15) is 48.3 Å². The van der Waals surface area contributed by atoms with Gasteiger partial charge in [0.2, 0.25) is 10.0 Å². The van der Waals surface area contributed by atoms with Crippen LogP contribution in [-0.4, -0.2) is 29.7 Å². The summed E-state index contributed by atoms with van der Waals surface area (Å²) in [5, 5.41) is 16.1. The van der Waals surface area contributed by atoms with Gasteiger partial charge in [-0.05, 0) is 37.5 Å². The molecular weight excluding hydrogens is 330 g/mol. The van der Waals surface area contributed by atoms with Gasteiger partial charge >= 0.3 is 5.97 Å². The van der Waals surface area contributed by atoms with Crippen LogP contribution in [0.25, 0.3) is 0 Å². The van der Waals surface area contributed by atoms with E-state index >= 15 is 0 Å². The number of aliphatic carboxylic acids is 1. The van der Waals surface area contributed by atoms with E-state index in [0.29, 0.717) is 17.0 Å². The van der Waals surface area contributed by atoms with Crippen molar-refractivity contribution in [3.05, 3.63) is 46.8 Å². The summed E-state index contributed by atoms with van der Waals surface area (Å²) in [6.07, 6.45) is 0. The van der Waals surface area contributed by atoms with Gasteiger partial charge in [-0.2, -0.15) is 9.82 Å². The molecule has 1 aromatic heterocycles. The second-order valence-electron chi connectivity index (χ2n) is 5.96. The lowest BCUT2D eigenvalue weighted by Gasteiger charge is -2.16. The summed E-state index contributed by atoms with van der Waals surface area (Å²) >= 11 is 0. The molecule has 1 heterocycles. The van der Waals surface area contributed by atoms with Gasteiger partial charge in [0.1, 0.15) is 6.04 Å².